The van der Waals surface area contributed by atoms with E-state index in [2.05, 4.69) is 6.92 Å². The third-order valence-corrected chi connectivity index (χ3v) is 3.45. The molecule has 4 heteroatoms. The van der Waals surface area contributed by atoms with Crippen molar-refractivity contribution in [1.29, 1.82) is 0 Å². The highest BCUT2D eigenvalue weighted by Crippen LogP contribution is 2.25. The highest BCUT2D eigenvalue weighted by molar-refractivity contribution is 5.68. The smallest absolute Gasteiger partial charge is 0.410 e. The first kappa shape index (κ1) is 16.0. The summed E-state index contributed by atoms with van der Waals surface area (Å²) in [6.07, 6.45) is 4.29. The quantitative estimate of drug-likeness (QED) is 0.739. The maximum Gasteiger partial charge on any atom is 0.410 e. The first-order chi connectivity index (χ1) is 8.81. The fourth-order valence-electron chi connectivity index (χ4n) is 2.55. The van der Waals surface area contributed by atoms with E-state index in [1.54, 1.807) is 0 Å². The van der Waals surface area contributed by atoms with Gasteiger partial charge < -0.3 is 14.4 Å². The second kappa shape index (κ2) is 6.92. The van der Waals surface area contributed by atoms with E-state index in [9.17, 15) is 9.59 Å². The first-order valence-corrected chi connectivity index (χ1v) is 7.23. The Morgan fingerprint density at radius 1 is 1.42 bits per heavy atom. The molecule has 0 aliphatic carbocycles. The van der Waals surface area contributed by atoms with Crippen LogP contribution < -0.4 is 0 Å². The number of likely N-dealkylation sites (tertiary alicyclic amines) is 1. The van der Waals surface area contributed by atoms with Gasteiger partial charge in [-0.05, 0) is 51.9 Å². The zero-order chi connectivity index (χ0) is 14.5. The second-order valence-corrected chi connectivity index (χ2v) is 6.67. The molecule has 1 heterocycles. The highest BCUT2D eigenvalue weighted by Gasteiger charge is 2.28. The van der Waals surface area contributed by atoms with Crippen molar-refractivity contribution < 1.29 is 14.3 Å². The van der Waals surface area contributed by atoms with Crippen LogP contribution in [0.3, 0.4) is 0 Å². The molecule has 0 saturated carbocycles. The van der Waals surface area contributed by atoms with Crippen molar-refractivity contribution in [2.24, 2.45) is 11.8 Å². The van der Waals surface area contributed by atoms with E-state index < -0.39 is 5.60 Å². The van der Waals surface area contributed by atoms with E-state index in [0.29, 0.717) is 24.8 Å². The van der Waals surface area contributed by atoms with E-state index in [0.717, 1.165) is 32.1 Å². The molecule has 110 valence electrons. The number of hydrogen-bond donors (Lipinski definition) is 0. The molecule has 0 N–H and O–H groups in total. The van der Waals surface area contributed by atoms with Crippen LogP contribution >= 0.6 is 0 Å². The van der Waals surface area contributed by atoms with Gasteiger partial charge in [-0.25, -0.2) is 4.79 Å². The topological polar surface area (TPSA) is 46.6 Å². The van der Waals surface area contributed by atoms with Crippen LogP contribution in [0.4, 0.5) is 4.79 Å². The summed E-state index contributed by atoms with van der Waals surface area (Å²) in [5.41, 5.74) is -0.451. The molecule has 19 heavy (non-hydrogen) atoms. The molecule has 1 saturated heterocycles. The van der Waals surface area contributed by atoms with Crippen molar-refractivity contribution in [3.05, 3.63) is 0 Å². The summed E-state index contributed by atoms with van der Waals surface area (Å²) >= 11 is 0. The van der Waals surface area contributed by atoms with Crippen LogP contribution in [0.1, 0.15) is 53.4 Å². The minimum Gasteiger partial charge on any atom is -0.444 e. The maximum absolute atomic E-state index is 12.1. The van der Waals surface area contributed by atoms with Gasteiger partial charge in [0, 0.05) is 19.5 Å². The molecule has 4 nitrogen and oxygen atoms in total. The van der Waals surface area contributed by atoms with Crippen molar-refractivity contribution in [3.8, 4) is 0 Å². The van der Waals surface area contributed by atoms with Crippen molar-refractivity contribution in [2.45, 2.75) is 59.0 Å². The average Bonchev–Trinajstić information content (AvgIpc) is 2.46. The van der Waals surface area contributed by atoms with Crippen molar-refractivity contribution >= 4 is 12.4 Å². The van der Waals surface area contributed by atoms with Crippen LogP contribution in [0, 0.1) is 11.8 Å². The Hall–Kier alpha value is -1.06. The molecule has 0 radical (unpaired) electrons. The zero-order valence-corrected chi connectivity index (χ0v) is 12.6. The predicted octanol–water partition coefficient (Wildman–Crippen LogP) is 3.25. The predicted molar refractivity (Wildman–Crippen MR) is 75.0 cm³/mol. The second-order valence-electron chi connectivity index (χ2n) is 6.67. The number of rotatable bonds is 3. The number of ether oxygens (including phenoxy) is 1. The molecule has 0 bridgehead atoms. The van der Waals surface area contributed by atoms with Gasteiger partial charge >= 0.3 is 6.09 Å². The largest absolute Gasteiger partial charge is 0.444 e. The molecule has 0 aromatic rings. The molecular weight excluding hydrogens is 242 g/mol. The minimum absolute atomic E-state index is 0.224. The third-order valence-electron chi connectivity index (χ3n) is 3.45. The Labute approximate surface area is 116 Å². The third kappa shape index (κ3) is 6.08. The molecule has 1 amide bonds. The van der Waals surface area contributed by atoms with Gasteiger partial charge in [0.25, 0.3) is 0 Å². The van der Waals surface area contributed by atoms with E-state index >= 15 is 0 Å². The summed E-state index contributed by atoms with van der Waals surface area (Å²) in [5.74, 6) is 1.01. The van der Waals surface area contributed by atoms with Gasteiger partial charge in [-0.2, -0.15) is 0 Å². The number of carbonyl (C=O) groups excluding carboxylic acids is 2. The van der Waals surface area contributed by atoms with Gasteiger partial charge in [-0.15, -0.1) is 0 Å². The molecule has 2 atom stereocenters. The molecule has 1 aliphatic rings. The maximum atomic E-state index is 12.1. The number of aldehydes is 1. The number of amides is 1. The normalized spacial score (nSPS) is 24.7. The average molecular weight is 269 g/mol. The fraction of sp³-hybridized carbons (Fsp3) is 0.867. The van der Waals surface area contributed by atoms with Gasteiger partial charge in [-0.3, -0.25) is 0 Å². The van der Waals surface area contributed by atoms with Gasteiger partial charge in [0.1, 0.15) is 11.9 Å². The van der Waals surface area contributed by atoms with Gasteiger partial charge in [-0.1, -0.05) is 6.92 Å². The number of carbonyl (C=O) groups is 2. The summed E-state index contributed by atoms with van der Waals surface area (Å²) in [5, 5.41) is 0. The molecule has 1 aliphatic heterocycles. The van der Waals surface area contributed by atoms with E-state index in [-0.39, 0.29) is 6.09 Å². The molecule has 0 aromatic carbocycles. The monoisotopic (exact) mass is 269 g/mol. The lowest BCUT2D eigenvalue weighted by atomic mass is 9.92. The molecular formula is C15H27NO3. The Kier molecular flexibility index (Phi) is 5.83. The van der Waals surface area contributed by atoms with Crippen LogP contribution in [0.2, 0.25) is 0 Å². The zero-order valence-electron chi connectivity index (χ0n) is 12.6. The molecule has 1 rings (SSSR count). The van der Waals surface area contributed by atoms with Crippen LogP contribution in [0.25, 0.3) is 0 Å². The summed E-state index contributed by atoms with van der Waals surface area (Å²) in [4.78, 5) is 24.4. The Morgan fingerprint density at radius 2 is 2.11 bits per heavy atom. The van der Waals surface area contributed by atoms with Crippen molar-refractivity contribution in [3.63, 3.8) is 0 Å². The Bertz CT molecular complexity index is 309. The SMILES string of the molecule is CC1CCN(C(=O)OC(C)(C)C)CC(CCC=O)C1. The van der Waals surface area contributed by atoms with E-state index in [4.69, 9.17) is 4.74 Å². The van der Waals surface area contributed by atoms with Gasteiger partial charge in [0.15, 0.2) is 0 Å². The lowest BCUT2D eigenvalue weighted by Gasteiger charge is -2.28. The van der Waals surface area contributed by atoms with Crippen LogP contribution in [-0.4, -0.2) is 36.0 Å². The van der Waals surface area contributed by atoms with E-state index in [1.165, 1.54) is 0 Å². The number of hydrogen-bond acceptors (Lipinski definition) is 3. The molecule has 1 fully saturated rings. The lowest BCUT2D eigenvalue weighted by molar-refractivity contribution is -0.108. The van der Waals surface area contributed by atoms with Crippen LogP contribution in [-0.2, 0) is 9.53 Å². The standard InChI is InChI=1S/C15H27NO3/c1-12-7-8-16(14(18)19-15(2,3)4)11-13(10-12)6-5-9-17/h9,12-13H,5-8,10-11H2,1-4H3. The summed E-state index contributed by atoms with van der Waals surface area (Å²) in [6.45, 7) is 9.34. The number of nitrogens with zero attached hydrogens (tertiary/aromatic N) is 1. The van der Waals surface area contributed by atoms with Crippen LogP contribution in [0.15, 0.2) is 0 Å². The highest BCUT2D eigenvalue weighted by atomic mass is 16.6. The van der Waals surface area contributed by atoms with Crippen molar-refractivity contribution in [1.82, 2.24) is 4.90 Å². The summed E-state index contributed by atoms with van der Waals surface area (Å²) in [7, 11) is 0. The molecule has 2 unspecified atom stereocenters. The molecule has 0 aromatic heterocycles. The van der Waals surface area contributed by atoms with Crippen LogP contribution in [0.5, 0.6) is 0 Å². The first-order valence-electron chi connectivity index (χ1n) is 7.23. The van der Waals surface area contributed by atoms with Gasteiger partial charge in [0.2, 0.25) is 0 Å². The van der Waals surface area contributed by atoms with Crippen molar-refractivity contribution in [2.75, 3.05) is 13.1 Å². The Balaban J connectivity index is 2.61. The Morgan fingerprint density at radius 3 is 2.68 bits per heavy atom. The van der Waals surface area contributed by atoms with Gasteiger partial charge in [0.05, 0.1) is 0 Å². The lowest BCUT2D eigenvalue weighted by Crippen LogP contribution is -2.39. The minimum atomic E-state index is -0.451. The summed E-state index contributed by atoms with van der Waals surface area (Å²) in [6, 6.07) is 0. The fourth-order valence-corrected chi connectivity index (χ4v) is 2.55. The molecule has 0 spiro atoms. The van der Waals surface area contributed by atoms with E-state index in [1.807, 2.05) is 25.7 Å². The summed E-state index contributed by atoms with van der Waals surface area (Å²) < 4.78 is 5.44.